The highest BCUT2D eigenvalue weighted by Gasteiger charge is 2.31. The van der Waals surface area contributed by atoms with Gasteiger partial charge in [-0.2, -0.15) is 0 Å². The Morgan fingerprint density at radius 1 is 1.40 bits per heavy atom. The van der Waals surface area contributed by atoms with E-state index in [2.05, 4.69) is 18.7 Å². The third-order valence-corrected chi connectivity index (χ3v) is 3.91. The molecule has 0 aromatic rings. The molecule has 0 bridgehead atoms. The molecule has 4 unspecified atom stereocenters. The van der Waals surface area contributed by atoms with Crippen LogP contribution in [0.3, 0.4) is 0 Å². The highest BCUT2D eigenvalue weighted by molar-refractivity contribution is 4.85. The van der Waals surface area contributed by atoms with E-state index in [4.69, 9.17) is 10.5 Å². The molecule has 0 radical (unpaired) electrons. The van der Waals surface area contributed by atoms with Gasteiger partial charge in [-0.1, -0.05) is 6.92 Å². The molecule has 0 aromatic carbocycles. The standard InChI is InChI=1S/C12H24N2O/c1-9-5-10(2)14(6-9)7-11-8-15-4-3-12(11)13/h9-12H,3-8,13H2,1-2H3. The summed E-state index contributed by atoms with van der Waals surface area (Å²) in [5.41, 5.74) is 6.13. The minimum atomic E-state index is 0.349. The molecule has 15 heavy (non-hydrogen) atoms. The third kappa shape index (κ3) is 2.71. The fraction of sp³-hybridized carbons (Fsp3) is 1.00. The van der Waals surface area contributed by atoms with Gasteiger partial charge in [0.2, 0.25) is 0 Å². The van der Waals surface area contributed by atoms with Crippen molar-refractivity contribution in [2.24, 2.45) is 17.6 Å². The predicted octanol–water partition coefficient (Wildman–Crippen LogP) is 1.08. The van der Waals surface area contributed by atoms with Crippen LogP contribution >= 0.6 is 0 Å². The second-order valence-electron chi connectivity index (χ2n) is 5.43. The Kier molecular flexibility index (Phi) is 3.65. The van der Waals surface area contributed by atoms with Crippen molar-refractivity contribution in [2.45, 2.75) is 38.8 Å². The summed E-state index contributed by atoms with van der Waals surface area (Å²) in [6, 6.07) is 1.08. The topological polar surface area (TPSA) is 38.5 Å². The maximum Gasteiger partial charge on any atom is 0.0521 e. The van der Waals surface area contributed by atoms with Crippen LogP contribution in [0.5, 0.6) is 0 Å². The number of nitrogens with zero attached hydrogens (tertiary/aromatic N) is 1. The van der Waals surface area contributed by atoms with Crippen LogP contribution in [-0.2, 0) is 4.74 Å². The molecule has 0 aliphatic carbocycles. The number of ether oxygens (including phenoxy) is 1. The van der Waals surface area contributed by atoms with Gasteiger partial charge in [0.05, 0.1) is 6.61 Å². The Morgan fingerprint density at radius 2 is 2.20 bits per heavy atom. The van der Waals surface area contributed by atoms with E-state index in [0.29, 0.717) is 12.0 Å². The number of hydrogen-bond donors (Lipinski definition) is 1. The molecule has 3 nitrogen and oxygen atoms in total. The van der Waals surface area contributed by atoms with E-state index in [1.54, 1.807) is 0 Å². The second kappa shape index (κ2) is 4.81. The van der Waals surface area contributed by atoms with Crippen LogP contribution in [0.2, 0.25) is 0 Å². The average molecular weight is 212 g/mol. The second-order valence-corrected chi connectivity index (χ2v) is 5.43. The van der Waals surface area contributed by atoms with Crippen LogP contribution < -0.4 is 5.73 Å². The van der Waals surface area contributed by atoms with Gasteiger partial charge < -0.3 is 10.5 Å². The van der Waals surface area contributed by atoms with Crippen molar-refractivity contribution < 1.29 is 4.74 Å². The lowest BCUT2D eigenvalue weighted by Crippen LogP contribution is -2.46. The largest absolute Gasteiger partial charge is 0.381 e. The zero-order valence-corrected chi connectivity index (χ0v) is 9.98. The monoisotopic (exact) mass is 212 g/mol. The van der Waals surface area contributed by atoms with Gasteiger partial charge in [-0.25, -0.2) is 0 Å². The molecule has 3 heteroatoms. The summed E-state index contributed by atoms with van der Waals surface area (Å²) in [6.45, 7) is 8.76. The van der Waals surface area contributed by atoms with E-state index in [0.717, 1.165) is 38.1 Å². The first-order valence-electron chi connectivity index (χ1n) is 6.24. The summed E-state index contributed by atoms with van der Waals surface area (Å²) in [5, 5.41) is 0. The molecule has 2 fully saturated rings. The Labute approximate surface area is 93.0 Å². The Bertz CT molecular complexity index is 206. The van der Waals surface area contributed by atoms with Crippen molar-refractivity contribution in [3.63, 3.8) is 0 Å². The number of likely N-dealkylation sites (tertiary alicyclic amines) is 1. The minimum absolute atomic E-state index is 0.349. The van der Waals surface area contributed by atoms with Gasteiger partial charge in [0, 0.05) is 37.7 Å². The van der Waals surface area contributed by atoms with E-state index in [9.17, 15) is 0 Å². The van der Waals surface area contributed by atoms with Gasteiger partial charge >= 0.3 is 0 Å². The summed E-state index contributed by atoms with van der Waals surface area (Å²) in [5.74, 6) is 1.40. The van der Waals surface area contributed by atoms with E-state index in [-0.39, 0.29) is 0 Å². The molecule has 88 valence electrons. The van der Waals surface area contributed by atoms with Crippen LogP contribution in [0.1, 0.15) is 26.7 Å². The van der Waals surface area contributed by atoms with Gasteiger partial charge in [0.15, 0.2) is 0 Å². The molecule has 0 spiro atoms. The van der Waals surface area contributed by atoms with E-state index in [1.165, 1.54) is 13.0 Å². The third-order valence-electron chi connectivity index (χ3n) is 3.91. The van der Waals surface area contributed by atoms with E-state index < -0.39 is 0 Å². The Morgan fingerprint density at radius 3 is 2.80 bits per heavy atom. The SMILES string of the molecule is CC1CC(C)N(CC2COCCC2N)C1. The normalized spacial score (nSPS) is 43.4. The Hall–Kier alpha value is -0.120. The summed E-state index contributed by atoms with van der Waals surface area (Å²) >= 11 is 0. The van der Waals surface area contributed by atoms with Crippen molar-refractivity contribution in [1.29, 1.82) is 0 Å². The molecule has 0 amide bonds. The fourth-order valence-electron chi connectivity index (χ4n) is 2.94. The van der Waals surface area contributed by atoms with Gasteiger partial charge in [0.1, 0.15) is 0 Å². The molecule has 2 heterocycles. The molecule has 2 N–H and O–H groups in total. The maximum absolute atomic E-state index is 6.13. The van der Waals surface area contributed by atoms with Gasteiger partial charge in [-0.3, -0.25) is 4.90 Å². The lowest BCUT2D eigenvalue weighted by Gasteiger charge is -2.33. The molecule has 0 saturated carbocycles. The summed E-state index contributed by atoms with van der Waals surface area (Å²) < 4.78 is 5.52. The molecule has 2 rings (SSSR count). The van der Waals surface area contributed by atoms with Crippen LogP contribution in [0, 0.1) is 11.8 Å². The lowest BCUT2D eigenvalue weighted by molar-refractivity contribution is 0.0248. The smallest absolute Gasteiger partial charge is 0.0521 e. The number of nitrogens with two attached hydrogens (primary N) is 1. The summed E-state index contributed by atoms with van der Waals surface area (Å²) in [4.78, 5) is 2.59. The fourth-order valence-corrected chi connectivity index (χ4v) is 2.94. The van der Waals surface area contributed by atoms with Crippen molar-refractivity contribution >= 4 is 0 Å². The molecular formula is C12H24N2O. The van der Waals surface area contributed by atoms with Gasteiger partial charge in [-0.05, 0) is 25.7 Å². The van der Waals surface area contributed by atoms with Crippen LogP contribution in [0.4, 0.5) is 0 Å². The van der Waals surface area contributed by atoms with Crippen LogP contribution in [0.15, 0.2) is 0 Å². The maximum atomic E-state index is 6.13. The molecular weight excluding hydrogens is 188 g/mol. The number of hydrogen-bond acceptors (Lipinski definition) is 3. The summed E-state index contributed by atoms with van der Waals surface area (Å²) in [7, 11) is 0. The highest BCUT2D eigenvalue weighted by Crippen LogP contribution is 2.25. The van der Waals surface area contributed by atoms with Gasteiger partial charge in [-0.15, -0.1) is 0 Å². The zero-order valence-electron chi connectivity index (χ0n) is 9.98. The van der Waals surface area contributed by atoms with Crippen LogP contribution in [0.25, 0.3) is 0 Å². The summed E-state index contributed by atoms with van der Waals surface area (Å²) in [6.07, 6.45) is 2.37. The van der Waals surface area contributed by atoms with Crippen molar-refractivity contribution in [1.82, 2.24) is 4.90 Å². The van der Waals surface area contributed by atoms with Gasteiger partial charge in [0.25, 0.3) is 0 Å². The minimum Gasteiger partial charge on any atom is -0.381 e. The van der Waals surface area contributed by atoms with E-state index >= 15 is 0 Å². The molecule has 2 saturated heterocycles. The average Bonchev–Trinajstić information content (AvgIpc) is 2.49. The Balaban J connectivity index is 1.85. The predicted molar refractivity (Wildman–Crippen MR) is 61.7 cm³/mol. The lowest BCUT2D eigenvalue weighted by atomic mass is 9.96. The number of rotatable bonds is 2. The molecule has 4 atom stereocenters. The zero-order chi connectivity index (χ0) is 10.8. The van der Waals surface area contributed by atoms with Crippen LogP contribution in [-0.4, -0.2) is 43.3 Å². The highest BCUT2D eigenvalue weighted by atomic mass is 16.5. The van der Waals surface area contributed by atoms with E-state index in [1.807, 2.05) is 0 Å². The molecule has 2 aliphatic heterocycles. The quantitative estimate of drug-likeness (QED) is 0.744. The molecule has 0 aromatic heterocycles. The first kappa shape index (κ1) is 11.4. The van der Waals surface area contributed by atoms with Crippen molar-refractivity contribution in [3.8, 4) is 0 Å². The first-order valence-corrected chi connectivity index (χ1v) is 6.24. The van der Waals surface area contributed by atoms with Crippen molar-refractivity contribution in [2.75, 3.05) is 26.3 Å². The molecule has 2 aliphatic rings. The van der Waals surface area contributed by atoms with Crippen molar-refractivity contribution in [3.05, 3.63) is 0 Å². The first-order chi connectivity index (χ1) is 7.16.